The number of methoxy groups -OCH3 is 2. The van der Waals surface area contributed by atoms with Crippen LogP contribution < -0.4 is 14.8 Å². The maximum absolute atomic E-state index is 13.9. The monoisotopic (exact) mass is 662 g/mol. The molecule has 1 aliphatic heterocycles. The number of hydrogen-bond acceptors (Lipinski definition) is 10. The highest BCUT2D eigenvalue weighted by atomic mass is 35.5. The number of nitrogens with one attached hydrogen (secondary N) is 1. The molecule has 0 spiro atoms. The fraction of sp³-hybridized carbons (Fsp3) is 0.194. The third-order valence-electron chi connectivity index (χ3n) is 7.01. The van der Waals surface area contributed by atoms with E-state index in [0.29, 0.717) is 39.6 Å². The van der Waals surface area contributed by atoms with Crippen LogP contribution in [0.3, 0.4) is 0 Å². The Labute approximate surface area is 271 Å². The molecule has 14 heteroatoms. The number of thioether (sulfide) groups is 1. The van der Waals surface area contributed by atoms with Crippen LogP contribution in [0.2, 0.25) is 5.02 Å². The van der Waals surface area contributed by atoms with Crippen molar-refractivity contribution >= 4 is 52.2 Å². The van der Waals surface area contributed by atoms with E-state index in [0.717, 1.165) is 16.2 Å². The van der Waals surface area contributed by atoms with Crippen LogP contribution in [0.15, 0.2) is 93.0 Å². The number of ether oxygens (including phenoxy) is 2. The van der Waals surface area contributed by atoms with Crippen LogP contribution in [-0.2, 0) is 11.3 Å². The van der Waals surface area contributed by atoms with Gasteiger partial charge in [0.05, 0.1) is 55.1 Å². The first kappa shape index (κ1) is 30.4. The number of rotatable bonds is 11. The second-order valence-electron chi connectivity index (χ2n) is 9.73. The minimum atomic E-state index is -0.404. The van der Waals surface area contributed by atoms with E-state index in [-0.39, 0.29) is 24.0 Å². The molecule has 0 saturated carbocycles. The largest absolute Gasteiger partial charge is 0.493 e. The smallest absolute Gasteiger partial charge is 0.287 e. The van der Waals surface area contributed by atoms with Crippen molar-refractivity contribution in [3.05, 3.63) is 105 Å². The lowest BCUT2D eigenvalue weighted by molar-refractivity contribution is -0.130. The molecule has 4 heterocycles. The van der Waals surface area contributed by atoms with Crippen molar-refractivity contribution in [2.24, 2.45) is 5.10 Å². The van der Waals surface area contributed by atoms with Gasteiger partial charge in [-0.3, -0.25) is 14.2 Å². The fourth-order valence-corrected chi connectivity index (χ4v) is 6.71. The number of nitrogens with zero attached hydrogens (tertiary/aromatic N) is 5. The van der Waals surface area contributed by atoms with Gasteiger partial charge in [-0.25, -0.2) is 5.01 Å². The van der Waals surface area contributed by atoms with Crippen LogP contribution in [-0.4, -0.2) is 57.3 Å². The van der Waals surface area contributed by atoms with Gasteiger partial charge in [-0.1, -0.05) is 47.6 Å². The lowest BCUT2D eigenvalue weighted by atomic mass is 9.99. The highest BCUT2D eigenvalue weighted by Crippen LogP contribution is 2.42. The molecule has 0 radical (unpaired) electrons. The quantitative estimate of drug-likeness (QED) is 0.171. The summed E-state index contributed by atoms with van der Waals surface area (Å²) in [5.41, 5.74) is 2.29. The Morgan fingerprint density at radius 3 is 2.69 bits per heavy atom. The topological polar surface area (TPSA) is 124 Å². The third kappa shape index (κ3) is 6.46. The van der Waals surface area contributed by atoms with Gasteiger partial charge in [0, 0.05) is 17.0 Å². The second kappa shape index (κ2) is 13.6. The van der Waals surface area contributed by atoms with Crippen molar-refractivity contribution in [3.8, 4) is 17.2 Å². The molecule has 0 fully saturated rings. The lowest BCUT2D eigenvalue weighted by Gasteiger charge is -2.24. The van der Waals surface area contributed by atoms with Crippen molar-refractivity contribution in [2.75, 3.05) is 20.0 Å². The molecule has 2 amide bonds. The first-order chi connectivity index (χ1) is 22.0. The number of halogens is 1. The van der Waals surface area contributed by atoms with Crippen LogP contribution in [0.1, 0.15) is 39.3 Å². The molecule has 1 atom stereocenters. The van der Waals surface area contributed by atoms with Crippen LogP contribution in [0, 0.1) is 0 Å². The first-order valence-corrected chi connectivity index (χ1v) is 16.0. The summed E-state index contributed by atoms with van der Waals surface area (Å²) in [6, 6.07) is 19.5. The van der Waals surface area contributed by atoms with Crippen LogP contribution in [0.4, 0.5) is 0 Å². The van der Waals surface area contributed by atoms with Gasteiger partial charge in [0.2, 0.25) is 0 Å². The van der Waals surface area contributed by atoms with E-state index in [1.165, 1.54) is 23.0 Å². The number of benzene rings is 2. The van der Waals surface area contributed by atoms with Gasteiger partial charge in [-0.2, -0.15) is 5.10 Å². The number of thiophene rings is 1. The Hall–Kier alpha value is -4.59. The summed E-state index contributed by atoms with van der Waals surface area (Å²) in [4.78, 5) is 27.4. The maximum atomic E-state index is 13.9. The zero-order valence-corrected chi connectivity index (χ0v) is 26.6. The molecule has 0 aliphatic carbocycles. The van der Waals surface area contributed by atoms with Crippen LogP contribution in [0.5, 0.6) is 11.5 Å². The highest BCUT2D eigenvalue weighted by molar-refractivity contribution is 7.99. The second-order valence-corrected chi connectivity index (χ2v) is 12.1. The Bertz CT molecular complexity index is 1840. The van der Waals surface area contributed by atoms with Gasteiger partial charge < -0.3 is 19.2 Å². The van der Waals surface area contributed by atoms with Crippen molar-refractivity contribution in [1.29, 1.82) is 0 Å². The van der Waals surface area contributed by atoms with E-state index in [1.807, 2.05) is 41.8 Å². The van der Waals surface area contributed by atoms with Gasteiger partial charge in [0.25, 0.3) is 11.8 Å². The number of hydrogen-bond donors (Lipinski definition) is 1. The molecule has 1 aliphatic rings. The molecule has 5 aromatic rings. The molecule has 230 valence electrons. The fourth-order valence-electron chi connectivity index (χ4n) is 4.98. The molecular weight excluding hydrogens is 636 g/mol. The van der Waals surface area contributed by atoms with Crippen molar-refractivity contribution in [1.82, 2.24) is 25.1 Å². The summed E-state index contributed by atoms with van der Waals surface area (Å²) in [7, 11) is 3.16. The Morgan fingerprint density at radius 2 is 1.96 bits per heavy atom. The summed E-state index contributed by atoms with van der Waals surface area (Å²) < 4.78 is 18.2. The standard InChI is InChI=1S/C31H27ClN6O5S2/c1-41-24-10-4-9-21(29(24)42-2)23-16-22(26-12-6-14-44-26)36-38(23)28(39)18-45-31-35-34-27(17-33-30(40)25-11-5-13-43-25)37(31)20-8-3-7-19(32)15-20/h3-15,23H,16-18H2,1-2H3,(H,33,40)/t23-/m1/s1. The molecule has 6 rings (SSSR count). The minimum Gasteiger partial charge on any atom is -0.493 e. The van der Waals surface area contributed by atoms with E-state index in [2.05, 4.69) is 15.5 Å². The van der Waals surface area contributed by atoms with Crippen LogP contribution in [0.25, 0.3) is 5.69 Å². The Morgan fingerprint density at radius 1 is 1.09 bits per heavy atom. The SMILES string of the molecule is COc1cccc([C@H]2CC(c3cccs3)=NN2C(=O)CSc2nnc(CNC(=O)c3ccco3)n2-c2cccc(Cl)c2)c1OC. The number of para-hydroxylation sites is 1. The minimum absolute atomic E-state index is 0.0153. The summed E-state index contributed by atoms with van der Waals surface area (Å²) in [6.07, 6.45) is 1.94. The maximum Gasteiger partial charge on any atom is 0.287 e. The summed E-state index contributed by atoms with van der Waals surface area (Å²) in [6.45, 7) is 0.0614. The predicted octanol–water partition coefficient (Wildman–Crippen LogP) is 5.99. The van der Waals surface area contributed by atoms with Crippen molar-refractivity contribution in [2.45, 2.75) is 24.2 Å². The average Bonchev–Trinajstić information content (AvgIpc) is 3.89. The van der Waals surface area contributed by atoms with Crippen molar-refractivity contribution < 1.29 is 23.5 Å². The molecule has 2 aromatic carbocycles. The zero-order valence-electron chi connectivity index (χ0n) is 24.2. The number of furan rings is 1. The Balaban J connectivity index is 1.27. The number of aromatic nitrogens is 3. The van der Waals surface area contributed by atoms with Gasteiger partial charge in [-0.15, -0.1) is 21.5 Å². The lowest BCUT2D eigenvalue weighted by Crippen LogP contribution is -2.29. The predicted molar refractivity (Wildman–Crippen MR) is 172 cm³/mol. The summed E-state index contributed by atoms with van der Waals surface area (Å²) in [5.74, 6) is 1.15. The normalized spacial score (nSPS) is 14.3. The highest BCUT2D eigenvalue weighted by Gasteiger charge is 2.36. The number of hydrazone groups is 1. The van der Waals surface area contributed by atoms with Gasteiger partial charge in [0.1, 0.15) is 0 Å². The van der Waals surface area contributed by atoms with Gasteiger partial charge in [0.15, 0.2) is 28.2 Å². The summed E-state index contributed by atoms with van der Waals surface area (Å²) >= 11 is 9.10. The molecule has 11 nitrogen and oxygen atoms in total. The summed E-state index contributed by atoms with van der Waals surface area (Å²) in [5, 5.41) is 20.7. The molecule has 0 unspecified atom stereocenters. The van der Waals surface area contributed by atoms with Crippen LogP contribution >= 0.6 is 34.7 Å². The Kier molecular flexibility index (Phi) is 9.19. The number of carbonyl (C=O) groups excluding carboxylic acids is 2. The third-order valence-corrected chi connectivity index (χ3v) is 9.08. The van der Waals surface area contributed by atoms with E-state index >= 15 is 0 Å². The molecular formula is C31H27ClN6O5S2. The number of carbonyl (C=O) groups is 2. The van der Waals surface area contributed by atoms with Gasteiger partial charge >= 0.3 is 0 Å². The van der Waals surface area contributed by atoms with E-state index in [1.54, 1.807) is 60.5 Å². The zero-order chi connectivity index (χ0) is 31.3. The first-order valence-electron chi connectivity index (χ1n) is 13.8. The molecule has 0 saturated heterocycles. The van der Waals surface area contributed by atoms with Crippen molar-refractivity contribution in [3.63, 3.8) is 0 Å². The molecule has 1 N–H and O–H groups in total. The van der Waals surface area contributed by atoms with E-state index in [9.17, 15) is 9.59 Å². The molecule has 3 aromatic heterocycles. The van der Waals surface area contributed by atoms with E-state index in [4.69, 9.17) is 30.6 Å². The average molecular weight is 663 g/mol. The van der Waals surface area contributed by atoms with Gasteiger partial charge in [-0.05, 0) is 47.8 Å². The number of amides is 2. The van der Waals surface area contributed by atoms with E-state index < -0.39 is 11.9 Å². The molecule has 0 bridgehead atoms. The molecule has 45 heavy (non-hydrogen) atoms.